The van der Waals surface area contributed by atoms with E-state index in [1.807, 2.05) is 0 Å². The molecule has 0 atom stereocenters. The Kier molecular flexibility index (Phi) is 3.98. The number of rotatable bonds is 3. The van der Waals surface area contributed by atoms with Crippen LogP contribution in [0.2, 0.25) is 0 Å². The average Bonchev–Trinajstić information content (AvgIpc) is 2.91. The molecule has 0 unspecified atom stereocenters. The fraction of sp³-hybridized carbons (Fsp3) is 0.118. The van der Waals surface area contributed by atoms with E-state index in [0.717, 1.165) is 0 Å². The lowest BCUT2D eigenvalue weighted by molar-refractivity contribution is 0.400. The molecule has 7 heteroatoms. The molecule has 0 bridgehead atoms. The molecule has 0 spiro atoms. The summed E-state index contributed by atoms with van der Waals surface area (Å²) in [4.78, 5) is -0.0369. The summed E-state index contributed by atoms with van der Waals surface area (Å²) in [7, 11) is -3.93. The largest absolute Gasteiger partial charge is 0.360 e. The number of aromatic nitrogens is 1. The molecule has 0 fully saturated rings. The Balaban J connectivity index is 2.29. The van der Waals surface area contributed by atoms with Gasteiger partial charge in [-0.3, -0.25) is 0 Å². The van der Waals surface area contributed by atoms with Crippen molar-refractivity contribution in [1.82, 2.24) is 5.16 Å². The Bertz CT molecular complexity index is 1030. The Labute approximate surface area is 139 Å². The zero-order valence-electron chi connectivity index (χ0n) is 13.1. The molecule has 1 heterocycles. The number of hydrogen-bond donors (Lipinski definition) is 1. The Morgan fingerprint density at radius 1 is 1.12 bits per heavy atom. The first-order valence-corrected chi connectivity index (χ1v) is 8.68. The number of benzene rings is 2. The second kappa shape index (κ2) is 5.85. The minimum absolute atomic E-state index is 0.0369. The molecule has 0 amide bonds. The van der Waals surface area contributed by atoms with Crippen LogP contribution in [0.1, 0.15) is 11.3 Å². The molecule has 0 saturated carbocycles. The second-order valence-corrected chi connectivity index (χ2v) is 7.00. The topological polar surface area (TPSA) is 86.2 Å². The third kappa shape index (κ3) is 2.83. The lowest BCUT2D eigenvalue weighted by atomic mass is 9.99. The van der Waals surface area contributed by atoms with Gasteiger partial charge in [0.05, 0.1) is 10.5 Å². The maximum atomic E-state index is 13.9. The minimum atomic E-state index is -3.93. The molecule has 24 heavy (non-hydrogen) atoms. The molecule has 124 valence electrons. The first-order chi connectivity index (χ1) is 11.3. The summed E-state index contributed by atoms with van der Waals surface area (Å²) >= 11 is 0. The third-order valence-corrected chi connectivity index (χ3v) is 4.74. The third-order valence-electron chi connectivity index (χ3n) is 3.77. The molecule has 3 aromatic rings. The molecule has 5 nitrogen and oxygen atoms in total. The summed E-state index contributed by atoms with van der Waals surface area (Å²) in [5.41, 5.74) is 2.21. The predicted molar refractivity (Wildman–Crippen MR) is 88.2 cm³/mol. The van der Waals surface area contributed by atoms with Crippen molar-refractivity contribution in [2.45, 2.75) is 18.7 Å². The van der Waals surface area contributed by atoms with Gasteiger partial charge in [0.2, 0.25) is 10.0 Å². The standard InChI is InChI=1S/C17H15FN2O3S/c1-10-7-8-12(9-14(10)18)17-16(11(2)23-20-17)13-5-3-4-6-15(13)24(19,21)22/h3-9H,1-2H3,(H2,19,21,22). The first kappa shape index (κ1) is 16.4. The van der Waals surface area contributed by atoms with Crippen LogP contribution in [0.5, 0.6) is 0 Å². The van der Waals surface area contributed by atoms with E-state index in [4.69, 9.17) is 9.66 Å². The molecule has 0 aliphatic carbocycles. The summed E-state index contributed by atoms with van der Waals surface area (Å²) in [6.07, 6.45) is 0. The highest BCUT2D eigenvalue weighted by Gasteiger charge is 2.23. The molecule has 0 radical (unpaired) electrons. The van der Waals surface area contributed by atoms with Crippen molar-refractivity contribution in [3.8, 4) is 22.4 Å². The van der Waals surface area contributed by atoms with Gasteiger partial charge in [-0.15, -0.1) is 0 Å². The monoisotopic (exact) mass is 346 g/mol. The molecule has 2 N–H and O–H groups in total. The molecule has 1 aromatic heterocycles. The van der Waals surface area contributed by atoms with E-state index in [9.17, 15) is 12.8 Å². The van der Waals surface area contributed by atoms with Crippen molar-refractivity contribution >= 4 is 10.0 Å². The van der Waals surface area contributed by atoms with E-state index < -0.39 is 10.0 Å². The van der Waals surface area contributed by atoms with E-state index in [1.165, 1.54) is 12.1 Å². The molecule has 0 aliphatic rings. The SMILES string of the molecule is Cc1ccc(-c2noc(C)c2-c2ccccc2S(N)(=O)=O)cc1F. The van der Waals surface area contributed by atoms with E-state index in [1.54, 1.807) is 44.2 Å². The second-order valence-electron chi connectivity index (χ2n) is 5.47. The van der Waals surface area contributed by atoms with Gasteiger partial charge in [-0.25, -0.2) is 17.9 Å². The van der Waals surface area contributed by atoms with Crippen molar-refractivity contribution in [1.29, 1.82) is 0 Å². The van der Waals surface area contributed by atoms with Gasteiger partial charge in [-0.2, -0.15) is 0 Å². The van der Waals surface area contributed by atoms with Crippen molar-refractivity contribution in [3.63, 3.8) is 0 Å². The fourth-order valence-electron chi connectivity index (χ4n) is 2.55. The molecular formula is C17H15FN2O3S. The van der Waals surface area contributed by atoms with E-state index in [-0.39, 0.29) is 10.7 Å². The summed E-state index contributed by atoms with van der Waals surface area (Å²) in [6.45, 7) is 3.32. The molecule has 3 rings (SSSR count). The number of nitrogens with zero attached hydrogens (tertiary/aromatic N) is 1. The number of sulfonamides is 1. The van der Waals surface area contributed by atoms with Crippen molar-refractivity contribution in [2.24, 2.45) is 5.14 Å². The number of halogens is 1. The van der Waals surface area contributed by atoms with Crippen molar-refractivity contribution in [3.05, 3.63) is 59.6 Å². The fourth-order valence-corrected chi connectivity index (χ4v) is 3.29. The lowest BCUT2D eigenvalue weighted by Gasteiger charge is -2.09. The highest BCUT2D eigenvalue weighted by molar-refractivity contribution is 7.89. The number of primary sulfonamides is 1. The van der Waals surface area contributed by atoms with Crippen LogP contribution < -0.4 is 5.14 Å². The van der Waals surface area contributed by atoms with Crippen LogP contribution in [-0.4, -0.2) is 13.6 Å². The van der Waals surface area contributed by atoms with Gasteiger partial charge in [0, 0.05) is 11.1 Å². The molecule has 0 saturated heterocycles. The highest BCUT2D eigenvalue weighted by Crippen LogP contribution is 2.37. The number of hydrogen-bond acceptors (Lipinski definition) is 4. The quantitative estimate of drug-likeness (QED) is 0.787. The molecule has 2 aromatic carbocycles. The minimum Gasteiger partial charge on any atom is -0.360 e. The van der Waals surface area contributed by atoms with Crippen LogP contribution in [0.4, 0.5) is 4.39 Å². The summed E-state index contributed by atoms with van der Waals surface area (Å²) in [6, 6.07) is 11.0. The maximum Gasteiger partial charge on any atom is 0.238 e. The van der Waals surface area contributed by atoms with Crippen LogP contribution in [0, 0.1) is 19.7 Å². The van der Waals surface area contributed by atoms with Gasteiger partial charge in [0.15, 0.2) is 0 Å². The van der Waals surface area contributed by atoms with Gasteiger partial charge in [0.1, 0.15) is 17.3 Å². The maximum absolute atomic E-state index is 13.9. The Morgan fingerprint density at radius 3 is 2.50 bits per heavy atom. The van der Waals surface area contributed by atoms with Gasteiger partial charge < -0.3 is 4.52 Å². The Hall–Kier alpha value is -2.51. The lowest BCUT2D eigenvalue weighted by Crippen LogP contribution is -2.13. The molecular weight excluding hydrogens is 331 g/mol. The number of aryl methyl sites for hydroxylation is 2. The van der Waals surface area contributed by atoms with Crippen LogP contribution in [0.15, 0.2) is 51.9 Å². The van der Waals surface area contributed by atoms with Crippen molar-refractivity contribution < 1.29 is 17.3 Å². The van der Waals surface area contributed by atoms with Gasteiger partial charge >= 0.3 is 0 Å². The van der Waals surface area contributed by atoms with E-state index in [2.05, 4.69) is 5.16 Å². The van der Waals surface area contributed by atoms with Crippen LogP contribution >= 0.6 is 0 Å². The zero-order chi connectivity index (χ0) is 17.5. The van der Waals surface area contributed by atoms with Gasteiger partial charge in [0.25, 0.3) is 0 Å². The van der Waals surface area contributed by atoms with E-state index in [0.29, 0.717) is 33.7 Å². The predicted octanol–water partition coefficient (Wildman–Crippen LogP) is 3.41. The van der Waals surface area contributed by atoms with Gasteiger partial charge in [-0.1, -0.05) is 35.5 Å². The summed E-state index contributed by atoms with van der Waals surface area (Å²) in [5, 5.41) is 9.29. The van der Waals surface area contributed by atoms with Gasteiger partial charge in [-0.05, 0) is 31.5 Å². The summed E-state index contributed by atoms with van der Waals surface area (Å²) < 4.78 is 42.9. The van der Waals surface area contributed by atoms with Crippen LogP contribution in [0.3, 0.4) is 0 Å². The average molecular weight is 346 g/mol. The Morgan fingerprint density at radius 2 is 1.83 bits per heavy atom. The molecule has 0 aliphatic heterocycles. The first-order valence-electron chi connectivity index (χ1n) is 7.14. The van der Waals surface area contributed by atoms with Crippen molar-refractivity contribution in [2.75, 3.05) is 0 Å². The zero-order valence-corrected chi connectivity index (χ0v) is 13.9. The van der Waals surface area contributed by atoms with Crippen LogP contribution in [0.25, 0.3) is 22.4 Å². The van der Waals surface area contributed by atoms with Crippen LogP contribution in [-0.2, 0) is 10.0 Å². The number of nitrogens with two attached hydrogens (primary N) is 1. The van der Waals surface area contributed by atoms with E-state index >= 15 is 0 Å². The summed E-state index contributed by atoms with van der Waals surface area (Å²) in [5.74, 6) is 0.0425. The normalized spacial score (nSPS) is 11.7. The smallest absolute Gasteiger partial charge is 0.238 e. The highest BCUT2D eigenvalue weighted by atomic mass is 32.2.